The van der Waals surface area contributed by atoms with Crippen molar-refractivity contribution < 1.29 is 13.2 Å². The molecule has 0 aliphatic rings. The van der Waals surface area contributed by atoms with Crippen molar-refractivity contribution in [3.8, 4) is 5.75 Å². The minimum absolute atomic E-state index is 0.214. The maximum Gasteiger partial charge on any atom is 0.261 e. The standard InChI is InChI=1S/C20H21N3O3S/c1-15-7-10-18(11-8-15)27(24,25)23-17-9-12-20(22-14-17)21-13-16-5-3-4-6-19(16)26-2/h3-12,14,23H,13H2,1-2H3,(H,21,22). The van der Waals surface area contributed by atoms with Crippen LogP contribution in [0.3, 0.4) is 0 Å². The molecule has 2 N–H and O–H groups in total. The lowest BCUT2D eigenvalue weighted by Crippen LogP contribution is -2.13. The third kappa shape index (κ3) is 4.77. The Balaban J connectivity index is 1.65. The third-order valence-electron chi connectivity index (χ3n) is 4.00. The Labute approximate surface area is 159 Å². The summed E-state index contributed by atoms with van der Waals surface area (Å²) in [4.78, 5) is 4.48. The van der Waals surface area contributed by atoms with Gasteiger partial charge in [-0.25, -0.2) is 13.4 Å². The van der Waals surface area contributed by atoms with Crippen LogP contribution in [-0.2, 0) is 16.6 Å². The van der Waals surface area contributed by atoms with Crippen molar-refractivity contribution >= 4 is 21.5 Å². The molecule has 0 unspecified atom stereocenters. The van der Waals surface area contributed by atoms with E-state index in [0.717, 1.165) is 16.9 Å². The van der Waals surface area contributed by atoms with Crippen molar-refractivity contribution in [2.75, 3.05) is 17.1 Å². The molecule has 2 aromatic carbocycles. The molecule has 0 saturated heterocycles. The number of nitrogens with zero attached hydrogens (tertiary/aromatic N) is 1. The van der Waals surface area contributed by atoms with Crippen molar-refractivity contribution in [1.29, 1.82) is 0 Å². The number of hydrogen-bond donors (Lipinski definition) is 2. The van der Waals surface area contributed by atoms with Crippen LogP contribution in [0.25, 0.3) is 0 Å². The largest absolute Gasteiger partial charge is 0.496 e. The zero-order chi connectivity index (χ0) is 19.3. The quantitative estimate of drug-likeness (QED) is 0.648. The average Bonchev–Trinajstić information content (AvgIpc) is 2.68. The minimum atomic E-state index is -3.63. The number of hydrogen-bond acceptors (Lipinski definition) is 5. The summed E-state index contributed by atoms with van der Waals surface area (Å²) in [6.07, 6.45) is 1.48. The highest BCUT2D eigenvalue weighted by Crippen LogP contribution is 2.20. The molecule has 6 nitrogen and oxygen atoms in total. The molecule has 140 valence electrons. The second kappa shape index (κ2) is 8.09. The number of para-hydroxylation sites is 1. The number of rotatable bonds is 7. The summed E-state index contributed by atoms with van der Waals surface area (Å²) in [6, 6.07) is 17.8. The van der Waals surface area contributed by atoms with Crippen LogP contribution in [0, 0.1) is 6.92 Å². The number of sulfonamides is 1. The Morgan fingerprint density at radius 3 is 2.41 bits per heavy atom. The van der Waals surface area contributed by atoms with Crippen LogP contribution in [0.5, 0.6) is 5.75 Å². The SMILES string of the molecule is COc1ccccc1CNc1ccc(NS(=O)(=O)c2ccc(C)cc2)cn1. The molecule has 3 aromatic rings. The fourth-order valence-corrected chi connectivity index (χ4v) is 3.57. The molecule has 0 radical (unpaired) electrons. The van der Waals surface area contributed by atoms with Gasteiger partial charge in [-0.3, -0.25) is 4.72 Å². The first kappa shape index (κ1) is 18.7. The monoisotopic (exact) mass is 383 g/mol. The number of benzene rings is 2. The summed E-state index contributed by atoms with van der Waals surface area (Å²) in [7, 11) is -2.00. The smallest absolute Gasteiger partial charge is 0.261 e. The van der Waals surface area contributed by atoms with Gasteiger partial charge in [0, 0.05) is 12.1 Å². The van der Waals surface area contributed by atoms with Crippen molar-refractivity contribution in [3.63, 3.8) is 0 Å². The van der Waals surface area contributed by atoms with Gasteiger partial charge in [0.2, 0.25) is 0 Å². The number of aromatic nitrogens is 1. The topological polar surface area (TPSA) is 80.3 Å². The van der Waals surface area contributed by atoms with Crippen molar-refractivity contribution in [2.24, 2.45) is 0 Å². The van der Waals surface area contributed by atoms with E-state index in [9.17, 15) is 8.42 Å². The molecule has 0 spiro atoms. The van der Waals surface area contributed by atoms with E-state index in [0.29, 0.717) is 18.1 Å². The van der Waals surface area contributed by atoms with Gasteiger partial charge in [0.1, 0.15) is 11.6 Å². The van der Waals surface area contributed by atoms with Gasteiger partial charge in [-0.1, -0.05) is 35.9 Å². The molecule has 0 aliphatic carbocycles. The van der Waals surface area contributed by atoms with Crippen LogP contribution in [0.1, 0.15) is 11.1 Å². The molecule has 0 aliphatic heterocycles. The van der Waals surface area contributed by atoms with E-state index in [4.69, 9.17) is 4.74 Å². The lowest BCUT2D eigenvalue weighted by atomic mass is 10.2. The fraction of sp³-hybridized carbons (Fsp3) is 0.150. The molecule has 7 heteroatoms. The number of pyridine rings is 1. The van der Waals surface area contributed by atoms with E-state index in [1.807, 2.05) is 31.2 Å². The molecule has 0 saturated carbocycles. The van der Waals surface area contributed by atoms with Gasteiger partial charge in [-0.05, 0) is 37.3 Å². The summed E-state index contributed by atoms with van der Waals surface area (Å²) < 4.78 is 32.7. The Kier molecular flexibility index (Phi) is 5.61. The predicted octanol–water partition coefficient (Wildman–Crippen LogP) is 3.81. The summed E-state index contributed by atoms with van der Waals surface area (Å²) in [5.74, 6) is 1.44. The molecule has 1 heterocycles. The molecule has 1 aromatic heterocycles. The van der Waals surface area contributed by atoms with E-state index in [1.165, 1.54) is 6.20 Å². The zero-order valence-corrected chi connectivity index (χ0v) is 16.0. The van der Waals surface area contributed by atoms with Crippen LogP contribution >= 0.6 is 0 Å². The third-order valence-corrected chi connectivity index (χ3v) is 5.40. The lowest BCUT2D eigenvalue weighted by Gasteiger charge is -2.11. The van der Waals surface area contributed by atoms with E-state index in [1.54, 1.807) is 43.5 Å². The van der Waals surface area contributed by atoms with Gasteiger partial charge in [0.05, 0.1) is 23.9 Å². The maximum absolute atomic E-state index is 12.4. The fourth-order valence-electron chi connectivity index (χ4n) is 2.53. The van der Waals surface area contributed by atoms with Gasteiger partial charge in [-0.2, -0.15) is 0 Å². The van der Waals surface area contributed by atoms with Crippen LogP contribution in [0.15, 0.2) is 71.8 Å². The van der Waals surface area contributed by atoms with Gasteiger partial charge >= 0.3 is 0 Å². The van der Waals surface area contributed by atoms with E-state index >= 15 is 0 Å². The Morgan fingerprint density at radius 1 is 1.00 bits per heavy atom. The van der Waals surface area contributed by atoms with E-state index in [2.05, 4.69) is 15.0 Å². The van der Waals surface area contributed by atoms with Crippen LogP contribution in [0.2, 0.25) is 0 Å². The average molecular weight is 383 g/mol. The molecule has 27 heavy (non-hydrogen) atoms. The molecule has 3 rings (SSSR count). The minimum Gasteiger partial charge on any atom is -0.496 e. The Bertz CT molecular complexity index is 1000. The number of nitrogens with one attached hydrogen (secondary N) is 2. The van der Waals surface area contributed by atoms with Crippen molar-refractivity contribution in [3.05, 3.63) is 78.0 Å². The van der Waals surface area contributed by atoms with Crippen LogP contribution in [0.4, 0.5) is 11.5 Å². The molecule has 0 atom stereocenters. The predicted molar refractivity (Wildman–Crippen MR) is 107 cm³/mol. The maximum atomic E-state index is 12.4. The highest BCUT2D eigenvalue weighted by atomic mass is 32.2. The van der Waals surface area contributed by atoms with Crippen LogP contribution < -0.4 is 14.8 Å². The normalized spacial score (nSPS) is 11.0. The second-order valence-corrected chi connectivity index (χ2v) is 7.70. The molecule has 0 fully saturated rings. The number of ether oxygens (including phenoxy) is 1. The molecule has 0 bridgehead atoms. The first-order chi connectivity index (χ1) is 13.0. The highest BCUT2D eigenvalue weighted by Gasteiger charge is 2.14. The van der Waals surface area contributed by atoms with Gasteiger partial charge in [-0.15, -0.1) is 0 Å². The van der Waals surface area contributed by atoms with Gasteiger partial charge < -0.3 is 10.1 Å². The second-order valence-electron chi connectivity index (χ2n) is 6.02. The Morgan fingerprint density at radius 2 is 1.74 bits per heavy atom. The van der Waals surface area contributed by atoms with E-state index in [-0.39, 0.29) is 4.90 Å². The number of anilines is 2. The number of methoxy groups -OCH3 is 1. The van der Waals surface area contributed by atoms with Crippen molar-refractivity contribution in [1.82, 2.24) is 4.98 Å². The van der Waals surface area contributed by atoms with Gasteiger partial charge in [0.25, 0.3) is 10.0 Å². The highest BCUT2D eigenvalue weighted by molar-refractivity contribution is 7.92. The summed E-state index contributed by atoms with van der Waals surface area (Å²) in [6.45, 7) is 2.45. The Hall–Kier alpha value is -3.06. The summed E-state index contributed by atoms with van der Waals surface area (Å²) in [5, 5.41) is 3.20. The summed E-state index contributed by atoms with van der Waals surface area (Å²) in [5.41, 5.74) is 2.41. The molecular weight excluding hydrogens is 362 g/mol. The molecule has 0 amide bonds. The van der Waals surface area contributed by atoms with E-state index < -0.39 is 10.0 Å². The lowest BCUT2D eigenvalue weighted by molar-refractivity contribution is 0.410. The first-order valence-corrected chi connectivity index (χ1v) is 9.87. The zero-order valence-electron chi connectivity index (χ0n) is 15.1. The number of aryl methyl sites for hydroxylation is 1. The molecular formula is C20H21N3O3S. The summed E-state index contributed by atoms with van der Waals surface area (Å²) >= 11 is 0. The van der Waals surface area contributed by atoms with Crippen LogP contribution in [-0.4, -0.2) is 20.5 Å². The van der Waals surface area contributed by atoms with Gasteiger partial charge in [0.15, 0.2) is 0 Å². The van der Waals surface area contributed by atoms with Crippen molar-refractivity contribution in [2.45, 2.75) is 18.4 Å². The first-order valence-electron chi connectivity index (χ1n) is 8.39.